The Hall–Kier alpha value is -1.47. The number of fused-ring (bicyclic) bond motifs is 1. The fraction of sp³-hybridized carbons (Fsp3) is 0.545. The standard InChI is InChI=1S/C11H17N5OS/c1-7(5-15(2)3)16-9-8(14-11(16)18)10(17-4)13-6-12-9/h6-7H,5H2,1-4H3,(H,14,18). The molecule has 0 bridgehead atoms. The zero-order chi connectivity index (χ0) is 13.3. The van der Waals surface area contributed by atoms with E-state index >= 15 is 0 Å². The molecular formula is C11H17N5OS. The molecular weight excluding hydrogens is 250 g/mol. The zero-order valence-electron chi connectivity index (χ0n) is 11.0. The van der Waals surface area contributed by atoms with Gasteiger partial charge < -0.3 is 14.6 Å². The molecule has 0 aliphatic heterocycles. The van der Waals surface area contributed by atoms with E-state index in [9.17, 15) is 0 Å². The van der Waals surface area contributed by atoms with Gasteiger partial charge in [-0.2, -0.15) is 4.98 Å². The summed E-state index contributed by atoms with van der Waals surface area (Å²) in [5, 5.41) is 0. The largest absolute Gasteiger partial charge is 0.479 e. The molecule has 0 spiro atoms. The number of hydrogen-bond donors (Lipinski definition) is 1. The van der Waals surface area contributed by atoms with E-state index in [1.807, 2.05) is 18.7 Å². The maximum Gasteiger partial charge on any atom is 0.242 e. The average Bonchev–Trinajstić information content (AvgIpc) is 2.63. The molecule has 0 saturated heterocycles. The Morgan fingerprint density at radius 1 is 1.50 bits per heavy atom. The van der Waals surface area contributed by atoms with Crippen molar-refractivity contribution in [2.45, 2.75) is 13.0 Å². The Kier molecular flexibility index (Phi) is 3.63. The lowest BCUT2D eigenvalue weighted by atomic mass is 10.3. The van der Waals surface area contributed by atoms with Gasteiger partial charge in [0.15, 0.2) is 10.4 Å². The van der Waals surface area contributed by atoms with E-state index in [2.05, 4.69) is 26.8 Å². The van der Waals surface area contributed by atoms with Gasteiger partial charge in [-0.25, -0.2) is 4.98 Å². The highest BCUT2D eigenvalue weighted by molar-refractivity contribution is 7.71. The van der Waals surface area contributed by atoms with Gasteiger partial charge in [-0.05, 0) is 33.2 Å². The summed E-state index contributed by atoms with van der Waals surface area (Å²) >= 11 is 5.36. The number of hydrogen-bond acceptors (Lipinski definition) is 5. The molecule has 0 radical (unpaired) electrons. The Bertz CT molecular complexity index is 603. The lowest BCUT2D eigenvalue weighted by Crippen LogP contribution is -2.22. The highest BCUT2D eigenvalue weighted by atomic mass is 32.1. The van der Waals surface area contributed by atoms with Gasteiger partial charge in [-0.15, -0.1) is 0 Å². The average molecular weight is 267 g/mol. The third-order valence-corrected chi connectivity index (χ3v) is 3.03. The van der Waals surface area contributed by atoms with Crippen molar-refractivity contribution < 1.29 is 4.74 Å². The van der Waals surface area contributed by atoms with Crippen molar-refractivity contribution in [1.82, 2.24) is 24.4 Å². The van der Waals surface area contributed by atoms with Crippen molar-refractivity contribution in [3.63, 3.8) is 0 Å². The first-order chi connectivity index (χ1) is 8.54. The lowest BCUT2D eigenvalue weighted by Gasteiger charge is -2.18. The van der Waals surface area contributed by atoms with E-state index in [-0.39, 0.29) is 6.04 Å². The number of aromatic nitrogens is 4. The molecule has 7 heteroatoms. The quantitative estimate of drug-likeness (QED) is 0.853. The molecule has 0 amide bonds. The van der Waals surface area contributed by atoms with Crippen LogP contribution in [0.15, 0.2) is 6.33 Å². The number of likely N-dealkylation sites (N-methyl/N-ethyl adjacent to an activating group) is 1. The number of aromatic amines is 1. The van der Waals surface area contributed by atoms with E-state index in [0.717, 1.165) is 17.7 Å². The van der Waals surface area contributed by atoms with Crippen LogP contribution in [0.1, 0.15) is 13.0 Å². The van der Waals surface area contributed by atoms with Gasteiger partial charge in [0.2, 0.25) is 5.88 Å². The van der Waals surface area contributed by atoms with Crippen LogP contribution in [0.3, 0.4) is 0 Å². The van der Waals surface area contributed by atoms with Gasteiger partial charge in [0, 0.05) is 12.6 Å². The summed E-state index contributed by atoms with van der Waals surface area (Å²) in [5.74, 6) is 0.516. The molecule has 6 nitrogen and oxygen atoms in total. The maximum absolute atomic E-state index is 5.36. The second kappa shape index (κ2) is 5.03. The van der Waals surface area contributed by atoms with E-state index in [4.69, 9.17) is 17.0 Å². The van der Waals surface area contributed by atoms with Crippen LogP contribution in [0.5, 0.6) is 5.88 Å². The van der Waals surface area contributed by atoms with Gasteiger partial charge >= 0.3 is 0 Å². The zero-order valence-corrected chi connectivity index (χ0v) is 11.8. The highest BCUT2D eigenvalue weighted by Crippen LogP contribution is 2.23. The summed E-state index contributed by atoms with van der Waals surface area (Å²) in [5.41, 5.74) is 1.52. The first kappa shape index (κ1) is 13.0. The first-order valence-electron chi connectivity index (χ1n) is 5.68. The first-order valence-corrected chi connectivity index (χ1v) is 6.09. The molecule has 98 valence electrons. The summed E-state index contributed by atoms with van der Waals surface area (Å²) in [4.78, 5) is 13.6. The number of H-pyrrole nitrogens is 1. The molecule has 1 unspecified atom stereocenters. The van der Waals surface area contributed by atoms with Gasteiger partial charge in [0.05, 0.1) is 7.11 Å². The molecule has 18 heavy (non-hydrogen) atoms. The van der Waals surface area contributed by atoms with Gasteiger partial charge in [-0.3, -0.25) is 4.57 Å². The number of nitrogens with zero attached hydrogens (tertiary/aromatic N) is 4. The minimum Gasteiger partial charge on any atom is -0.479 e. The Labute approximate surface area is 111 Å². The normalized spacial score (nSPS) is 13.2. The van der Waals surface area contributed by atoms with Crippen molar-refractivity contribution in [1.29, 1.82) is 0 Å². The molecule has 2 heterocycles. The van der Waals surface area contributed by atoms with Crippen LogP contribution < -0.4 is 4.74 Å². The predicted octanol–water partition coefficient (Wildman–Crippen LogP) is 1.62. The smallest absolute Gasteiger partial charge is 0.242 e. The number of ether oxygens (including phenoxy) is 1. The second-order valence-electron chi connectivity index (χ2n) is 4.49. The molecule has 0 aliphatic carbocycles. The summed E-state index contributed by atoms with van der Waals surface area (Å²) < 4.78 is 7.84. The van der Waals surface area contributed by atoms with Gasteiger partial charge in [0.1, 0.15) is 11.8 Å². The lowest BCUT2D eigenvalue weighted by molar-refractivity contribution is 0.338. The van der Waals surface area contributed by atoms with Crippen molar-refractivity contribution in [3.05, 3.63) is 11.1 Å². The fourth-order valence-electron chi connectivity index (χ4n) is 2.09. The number of nitrogens with one attached hydrogen (secondary N) is 1. The predicted molar refractivity (Wildman–Crippen MR) is 72.5 cm³/mol. The maximum atomic E-state index is 5.36. The number of imidazole rings is 1. The molecule has 0 fully saturated rings. The van der Waals surface area contributed by atoms with Crippen LogP contribution in [0.4, 0.5) is 0 Å². The third-order valence-electron chi connectivity index (χ3n) is 2.73. The van der Waals surface area contributed by atoms with E-state index in [0.29, 0.717) is 10.7 Å². The van der Waals surface area contributed by atoms with Crippen molar-refractivity contribution in [2.24, 2.45) is 0 Å². The highest BCUT2D eigenvalue weighted by Gasteiger charge is 2.16. The monoisotopic (exact) mass is 267 g/mol. The summed E-state index contributed by atoms with van der Waals surface area (Å²) in [6.45, 7) is 2.99. The topological polar surface area (TPSA) is 59.0 Å². The molecule has 2 aromatic heterocycles. The van der Waals surface area contributed by atoms with Crippen LogP contribution in [-0.4, -0.2) is 52.2 Å². The summed E-state index contributed by atoms with van der Waals surface area (Å²) in [6.07, 6.45) is 1.49. The molecule has 0 aliphatic rings. The number of methoxy groups -OCH3 is 1. The van der Waals surface area contributed by atoms with Crippen LogP contribution in [0.25, 0.3) is 11.2 Å². The molecule has 2 aromatic rings. The van der Waals surface area contributed by atoms with Crippen molar-refractivity contribution in [3.8, 4) is 5.88 Å². The molecule has 0 saturated carbocycles. The Morgan fingerprint density at radius 3 is 2.83 bits per heavy atom. The van der Waals surface area contributed by atoms with E-state index < -0.39 is 0 Å². The molecule has 0 aromatic carbocycles. The molecule has 1 N–H and O–H groups in total. The van der Waals surface area contributed by atoms with Gasteiger partial charge in [0.25, 0.3) is 0 Å². The molecule has 2 rings (SSSR count). The van der Waals surface area contributed by atoms with Crippen molar-refractivity contribution in [2.75, 3.05) is 27.7 Å². The Balaban J connectivity index is 2.57. The van der Waals surface area contributed by atoms with Crippen LogP contribution in [-0.2, 0) is 0 Å². The minimum absolute atomic E-state index is 0.223. The SMILES string of the molecule is COc1ncnc2c1[nH]c(=S)n2C(C)CN(C)C. The minimum atomic E-state index is 0.223. The van der Waals surface area contributed by atoms with Crippen LogP contribution in [0.2, 0.25) is 0 Å². The summed E-state index contributed by atoms with van der Waals surface area (Å²) in [6, 6.07) is 0.223. The van der Waals surface area contributed by atoms with Crippen molar-refractivity contribution >= 4 is 23.4 Å². The van der Waals surface area contributed by atoms with Gasteiger partial charge in [-0.1, -0.05) is 0 Å². The summed E-state index contributed by atoms with van der Waals surface area (Å²) in [7, 11) is 5.65. The fourth-order valence-corrected chi connectivity index (χ4v) is 2.46. The van der Waals surface area contributed by atoms with Crippen LogP contribution in [0, 0.1) is 4.77 Å². The second-order valence-corrected chi connectivity index (χ2v) is 4.88. The van der Waals surface area contributed by atoms with E-state index in [1.165, 1.54) is 6.33 Å². The molecule has 1 atom stereocenters. The number of rotatable bonds is 4. The van der Waals surface area contributed by atoms with E-state index in [1.54, 1.807) is 7.11 Å². The van der Waals surface area contributed by atoms with Crippen LogP contribution >= 0.6 is 12.2 Å². The Morgan fingerprint density at radius 2 is 2.22 bits per heavy atom. The third kappa shape index (κ3) is 2.23.